The van der Waals surface area contributed by atoms with Gasteiger partial charge in [0, 0.05) is 19.8 Å². The molecule has 1 heterocycles. The van der Waals surface area contributed by atoms with E-state index in [9.17, 15) is 9.90 Å². The zero-order valence-electron chi connectivity index (χ0n) is 11.6. The van der Waals surface area contributed by atoms with Crippen molar-refractivity contribution in [3.8, 4) is 0 Å². The summed E-state index contributed by atoms with van der Waals surface area (Å²) in [5.41, 5.74) is 1.53. The quantitative estimate of drug-likeness (QED) is 0.863. The van der Waals surface area contributed by atoms with E-state index in [-0.39, 0.29) is 0 Å². The van der Waals surface area contributed by atoms with Gasteiger partial charge in [0.1, 0.15) is 6.04 Å². The number of carbonyl (C=O) groups is 1. The fourth-order valence-corrected chi connectivity index (χ4v) is 2.21. The summed E-state index contributed by atoms with van der Waals surface area (Å²) < 4.78 is 1.61. The van der Waals surface area contributed by atoms with E-state index < -0.39 is 12.0 Å². The molecule has 0 aliphatic heterocycles. The lowest BCUT2D eigenvalue weighted by Gasteiger charge is -2.27. The van der Waals surface area contributed by atoms with Gasteiger partial charge in [-0.15, -0.1) is 5.10 Å². The highest BCUT2D eigenvalue weighted by Gasteiger charge is 2.26. The number of rotatable bonds is 6. The van der Waals surface area contributed by atoms with Gasteiger partial charge in [-0.3, -0.25) is 14.4 Å². The Morgan fingerprint density at radius 3 is 2.60 bits per heavy atom. The first-order valence-electron chi connectivity index (χ1n) is 6.48. The standard InChI is InChI=1S/C14H18N4O2/c1-3-18(10-12-9-17(2)16-15-12)13(14(19)20)11-7-5-4-6-8-11/h4-9,13H,3,10H2,1-2H3,(H,19,20). The van der Waals surface area contributed by atoms with Crippen LogP contribution in [0.1, 0.15) is 24.2 Å². The van der Waals surface area contributed by atoms with Crippen LogP contribution in [-0.2, 0) is 18.4 Å². The Morgan fingerprint density at radius 1 is 1.40 bits per heavy atom. The number of aromatic nitrogens is 3. The topological polar surface area (TPSA) is 71.2 Å². The van der Waals surface area contributed by atoms with Crippen molar-refractivity contribution >= 4 is 5.97 Å². The minimum Gasteiger partial charge on any atom is -0.480 e. The molecular formula is C14H18N4O2. The largest absolute Gasteiger partial charge is 0.480 e. The summed E-state index contributed by atoms with van der Waals surface area (Å²) in [6.45, 7) is 3.01. The van der Waals surface area contributed by atoms with Crippen molar-refractivity contribution in [2.45, 2.75) is 19.5 Å². The van der Waals surface area contributed by atoms with Gasteiger partial charge in [-0.25, -0.2) is 0 Å². The Morgan fingerprint density at radius 2 is 2.10 bits per heavy atom. The number of hydrogen-bond acceptors (Lipinski definition) is 4. The van der Waals surface area contributed by atoms with Crippen LogP contribution in [0.5, 0.6) is 0 Å². The number of aliphatic carboxylic acids is 1. The maximum absolute atomic E-state index is 11.6. The third-order valence-electron chi connectivity index (χ3n) is 3.14. The van der Waals surface area contributed by atoms with Crippen LogP contribution >= 0.6 is 0 Å². The highest BCUT2D eigenvalue weighted by molar-refractivity contribution is 5.75. The summed E-state index contributed by atoms with van der Waals surface area (Å²) in [6.07, 6.45) is 1.80. The molecule has 0 bridgehead atoms. The molecule has 1 atom stereocenters. The van der Waals surface area contributed by atoms with Crippen LogP contribution in [0.25, 0.3) is 0 Å². The third-order valence-corrected chi connectivity index (χ3v) is 3.14. The normalized spacial score (nSPS) is 12.6. The van der Waals surface area contributed by atoms with Gasteiger partial charge in [0.2, 0.25) is 0 Å². The second kappa shape index (κ2) is 6.29. The van der Waals surface area contributed by atoms with Crippen molar-refractivity contribution in [2.24, 2.45) is 7.05 Å². The molecule has 2 rings (SSSR count). The molecule has 0 amide bonds. The molecule has 1 unspecified atom stereocenters. The molecule has 0 saturated carbocycles. The highest BCUT2D eigenvalue weighted by Crippen LogP contribution is 2.22. The highest BCUT2D eigenvalue weighted by atomic mass is 16.4. The second-order valence-corrected chi connectivity index (χ2v) is 4.60. The third kappa shape index (κ3) is 3.21. The van der Waals surface area contributed by atoms with Crippen molar-refractivity contribution in [2.75, 3.05) is 6.54 Å². The monoisotopic (exact) mass is 274 g/mol. The van der Waals surface area contributed by atoms with E-state index in [1.54, 1.807) is 17.9 Å². The van der Waals surface area contributed by atoms with Crippen molar-refractivity contribution in [1.82, 2.24) is 19.9 Å². The number of carboxylic acids is 1. The van der Waals surface area contributed by atoms with Crippen LogP contribution in [-0.4, -0.2) is 37.5 Å². The number of carboxylic acid groups (broad SMARTS) is 1. The number of aryl methyl sites for hydroxylation is 1. The van der Waals surface area contributed by atoms with Crippen molar-refractivity contribution in [3.05, 3.63) is 47.8 Å². The van der Waals surface area contributed by atoms with E-state index in [1.807, 2.05) is 42.2 Å². The van der Waals surface area contributed by atoms with Crippen molar-refractivity contribution in [1.29, 1.82) is 0 Å². The lowest BCUT2D eigenvalue weighted by atomic mass is 10.1. The summed E-state index contributed by atoms with van der Waals surface area (Å²) in [7, 11) is 1.79. The maximum Gasteiger partial charge on any atom is 0.325 e. The molecule has 1 aromatic carbocycles. The zero-order valence-corrected chi connectivity index (χ0v) is 11.6. The van der Waals surface area contributed by atoms with E-state index in [0.29, 0.717) is 13.1 Å². The molecule has 20 heavy (non-hydrogen) atoms. The van der Waals surface area contributed by atoms with Gasteiger partial charge in [0.05, 0.1) is 5.69 Å². The lowest BCUT2D eigenvalue weighted by molar-refractivity contribution is -0.143. The Bertz CT molecular complexity index is 568. The van der Waals surface area contributed by atoms with Gasteiger partial charge in [-0.2, -0.15) is 0 Å². The Labute approximate surface area is 117 Å². The smallest absolute Gasteiger partial charge is 0.325 e. The average Bonchev–Trinajstić information content (AvgIpc) is 2.84. The summed E-state index contributed by atoms with van der Waals surface area (Å²) in [6, 6.07) is 8.56. The molecule has 0 radical (unpaired) electrons. The van der Waals surface area contributed by atoms with Crippen LogP contribution in [0.4, 0.5) is 0 Å². The first-order chi connectivity index (χ1) is 9.61. The summed E-state index contributed by atoms with van der Waals surface area (Å²) >= 11 is 0. The predicted molar refractivity (Wildman–Crippen MR) is 73.9 cm³/mol. The first kappa shape index (κ1) is 14.2. The fourth-order valence-electron chi connectivity index (χ4n) is 2.21. The van der Waals surface area contributed by atoms with Gasteiger partial charge in [-0.1, -0.05) is 42.5 Å². The van der Waals surface area contributed by atoms with Gasteiger partial charge in [0.15, 0.2) is 0 Å². The number of hydrogen-bond donors (Lipinski definition) is 1. The molecule has 1 N–H and O–H groups in total. The molecule has 0 aliphatic carbocycles. The summed E-state index contributed by atoms with van der Waals surface area (Å²) in [5, 5.41) is 17.4. The van der Waals surface area contributed by atoms with Gasteiger partial charge in [0.25, 0.3) is 0 Å². The maximum atomic E-state index is 11.6. The van der Waals surface area contributed by atoms with Crippen molar-refractivity contribution < 1.29 is 9.90 Å². The van der Waals surface area contributed by atoms with Crippen LogP contribution in [0.3, 0.4) is 0 Å². The van der Waals surface area contributed by atoms with Crippen LogP contribution in [0.15, 0.2) is 36.5 Å². The number of nitrogens with zero attached hydrogens (tertiary/aromatic N) is 4. The summed E-state index contributed by atoms with van der Waals surface area (Å²) in [5.74, 6) is -0.859. The van der Waals surface area contributed by atoms with E-state index in [0.717, 1.165) is 11.3 Å². The molecule has 0 aliphatic rings. The first-order valence-corrected chi connectivity index (χ1v) is 6.48. The van der Waals surface area contributed by atoms with E-state index in [2.05, 4.69) is 10.3 Å². The fraction of sp³-hybridized carbons (Fsp3) is 0.357. The van der Waals surface area contributed by atoms with E-state index in [4.69, 9.17) is 0 Å². The Kier molecular flexibility index (Phi) is 4.47. The van der Waals surface area contributed by atoms with Gasteiger partial charge < -0.3 is 5.11 Å². The van der Waals surface area contributed by atoms with Crippen LogP contribution < -0.4 is 0 Å². The molecule has 0 fully saturated rings. The predicted octanol–water partition coefficient (Wildman–Crippen LogP) is 1.46. The molecule has 2 aromatic rings. The molecule has 6 heteroatoms. The minimum atomic E-state index is -0.859. The van der Waals surface area contributed by atoms with Crippen molar-refractivity contribution in [3.63, 3.8) is 0 Å². The summed E-state index contributed by atoms with van der Waals surface area (Å²) in [4.78, 5) is 13.5. The SMILES string of the molecule is CCN(Cc1cn(C)nn1)C(C(=O)O)c1ccccc1. The molecule has 6 nitrogen and oxygen atoms in total. The molecule has 106 valence electrons. The van der Waals surface area contributed by atoms with E-state index in [1.165, 1.54) is 0 Å². The molecule has 0 spiro atoms. The zero-order chi connectivity index (χ0) is 14.5. The van der Waals surface area contributed by atoms with Gasteiger partial charge >= 0.3 is 5.97 Å². The molecule has 1 aromatic heterocycles. The minimum absolute atomic E-state index is 0.455. The average molecular weight is 274 g/mol. The van der Waals surface area contributed by atoms with Crippen LogP contribution in [0.2, 0.25) is 0 Å². The van der Waals surface area contributed by atoms with E-state index >= 15 is 0 Å². The number of benzene rings is 1. The molecule has 0 saturated heterocycles. The van der Waals surface area contributed by atoms with Crippen LogP contribution in [0, 0.1) is 0 Å². The Hall–Kier alpha value is -2.21. The number of likely N-dealkylation sites (N-methyl/N-ethyl adjacent to an activating group) is 1. The van der Waals surface area contributed by atoms with Gasteiger partial charge in [-0.05, 0) is 12.1 Å². The molecular weight excluding hydrogens is 256 g/mol. The second-order valence-electron chi connectivity index (χ2n) is 4.60. The lowest BCUT2D eigenvalue weighted by Crippen LogP contribution is -2.33. The Balaban J connectivity index is 2.24.